The summed E-state index contributed by atoms with van der Waals surface area (Å²) in [7, 11) is 0. The number of hydrogen-bond acceptors (Lipinski definition) is 3. The third-order valence-corrected chi connectivity index (χ3v) is 7.27. The van der Waals surface area contributed by atoms with Crippen LogP contribution >= 0.6 is 11.8 Å². The van der Waals surface area contributed by atoms with Crippen LogP contribution in [-0.4, -0.2) is 26.4 Å². The van der Waals surface area contributed by atoms with Crippen LogP contribution in [-0.2, 0) is 4.79 Å². The van der Waals surface area contributed by atoms with Crippen molar-refractivity contribution in [1.82, 2.24) is 9.47 Å². The van der Waals surface area contributed by atoms with E-state index >= 15 is 0 Å². The zero-order valence-corrected chi connectivity index (χ0v) is 20.1. The van der Waals surface area contributed by atoms with Gasteiger partial charge in [0, 0.05) is 22.5 Å². The maximum Gasteiger partial charge on any atom is 0.283 e. The van der Waals surface area contributed by atoms with Crippen molar-refractivity contribution in [1.29, 1.82) is 5.41 Å². The summed E-state index contributed by atoms with van der Waals surface area (Å²) in [5.74, 6) is -0.234. The van der Waals surface area contributed by atoms with E-state index in [4.69, 9.17) is 5.41 Å². The second-order valence-corrected chi connectivity index (χ2v) is 9.46. The standard InChI is InChI=1S/C29H22N4OS/c1-18-14-23(19(2)32(18)24-13-12-20-8-6-7-11-22(20)15-24)16-25-27(30)33-26(21-9-4-3-5-10-21)17-35-29(33)31-28(25)34/h3-17,30H,1-2H3/b25-16-,30-27?. The van der Waals surface area contributed by atoms with Crippen LogP contribution in [0.1, 0.15) is 22.5 Å². The summed E-state index contributed by atoms with van der Waals surface area (Å²) < 4.78 is 2.19. The number of carbonyl (C=O) groups is 1. The van der Waals surface area contributed by atoms with E-state index in [0.717, 1.165) is 33.9 Å². The van der Waals surface area contributed by atoms with Crippen molar-refractivity contribution in [2.24, 2.45) is 4.99 Å². The Morgan fingerprint density at radius 3 is 2.46 bits per heavy atom. The number of aliphatic imine (C=N–C) groups is 1. The summed E-state index contributed by atoms with van der Waals surface area (Å²) in [6.07, 6.45) is 1.80. The van der Waals surface area contributed by atoms with Crippen molar-refractivity contribution in [3.05, 3.63) is 112 Å². The third-order valence-electron chi connectivity index (χ3n) is 6.45. The molecule has 3 aromatic carbocycles. The summed E-state index contributed by atoms with van der Waals surface area (Å²) in [6.45, 7) is 4.10. The predicted octanol–water partition coefficient (Wildman–Crippen LogP) is 6.55. The van der Waals surface area contributed by atoms with Gasteiger partial charge in [-0.1, -0.05) is 72.4 Å². The van der Waals surface area contributed by atoms with Gasteiger partial charge in [-0.15, -0.1) is 0 Å². The molecule has 1 N–H and O–H groups in total. The van der Waals surface area contributed by atoms with E-state index in [1.54, 1.807) is 11.0 Å². The van der Waals surface area contributed by atoms with E-state index in [2.05, 4.69) is 52.9 Å². The number of hydrogen-bond donors (Lipinski definition) is 1. The van der Waals surface area contributed by atoms with Gasteiger partial charge in [-0.25, -0.2) is 0 Å². The fraction of sp³-hybridized carbons (Fsp3) is 0.0690. The molecule has 170 valence electrons. The number of aromatic nitrogens is 1. The summed E-state index contributed by atoms with van der Waals surface area (Å²) in [4.78, 5) is 19.0. The zero-order chi connectivity index (χ0) is 24.1. The maximum absolute atomic E-state index is 12.9. The minimum atomic E-state index is -0.382. The van der Waals surface area contributed by atoms with Crippen LogP contribution in [0, 0.1) is 19.3 Å². The molecule has 5 nitrogen and oxygen atoms in total. The Morgan fingerprint density at radius 2 is 1.66 bits per heavy atom. The Kier molecular flexibility index (Phi) is 5.04. The quantitative estimate of drug-likeness (QED) is 0.343. The Hall–Kier alpha value is -4.16. The van der Waals surface area contributed by atoms with Crippen molar-refractivity contribution < 1.29 is 4.79 Å². The summed E-state index contributed by atoms with van der Waals surface area (Å²) in [5, 5.41) is 13.8. The van der Waals surface area contributed by atoms with Crippen LogP contribution in [0.3, 0.4) is 0 Å². The normalized spacial score (nSPS) is 16.6. The first kappa shape index (κ1) is 21.4. The fourth-order valence-corrected chi connectivity index (χ4v) is 5.61. The number of rotatable bonds is 3. The molecule has 6 rings (SSSR count). The van der Waals surface area contributed by atoms with Gasteiger partial charge in [-0.2, -0.15) is 4.99 Å². The van der Waals surface area contributed by atoms with Gasteiger partial charge in [0.1, 0.15) is 5.84 Å². The molecule has 0 atom stereocenters. The maximum atomic E-state index is 12.9. The number of aryl methyl sites for hydroxylation is 1. The van der Waals surface area contributed by atoms with Crippen molar-refractivity contribution in [2.75, 3.05) is 0 Å². The van der Waals surface area contributed by atoms with E-state index in [1.807, 2.05) is 54.8 Å². The van der Waals surface area contributed by atoms with Gasteiger partial charge in [-0.3, -0.25) is 15.1 Å². The van der Waals surface area contributed by atoms with E-state index < -0.39 is 0 Å². The molecule has 35 heavy (non-hydrogen) atoms. The highest BCUT2D eigenvalue weighted by Gasteiger charge is 2.36. The van der Waals surface area contributed by atoms with Crippen LogP contribution in [0.2, 0.25) is 0 Å². The highest BCUT2D eigenvalue weighted by atomic mass is 32.2. The molecule has 6 heteroatoms. The second kappa shape index (κ2) is 8.25. The molecule has 0 spiro atoms. The molecule has 4 aromatic rings. The van der Waals surface area contributed by atoms with Crippen LogP contribution in [0.25, 0.3) is 28.2 Å². The molecule has 0 bridgehead atoms. The van der Waals surface area contributed by atoms with Crippen molar-refractivity contribution in [2.45, 2.75) is 13.8 Å². The molecule has 1 aromatic heterocycles. The van der Waals surface area contributed by atoms with E-state index in [1.165, 1.54) is 22.5 Å². The Bertz CT molecular complexity index is 1630. The lowest BCUT2D eigenvalue weighted by Gasteiger charge is -2.26. The number of thioether (sulfide) groups is 1. The van der Waals surface area contributed by atoms with Crippen LogP contribution < -0.4 is 0 Å². The number of benzene rings is 3. The molecule has 0 unspecified atom stereocenters. The lowest BCUT2D eigenvalue weighted by atomic mass is 10.1. The first-order valence-corrected chi connectivity index (χ1v) is 12.2. The number of nitrogens with one attached hydrogen (secondary N) is 1. The highest BCUT2D eigenvalue weighted by molar-refractivity contribution is 8.17. The molecular formula is C29H22N4OS. The monoisotopic (exact) mass is 474 g/mol. The Morgan fingerprint density at radius 1 is 0.914 bits per heavy atom. The average molecular weight is 475 g/mol. The van der Waals surface area contributed by atoms with Crippen LogP contribution in [0.15, 0.2) is 94.8 Å². The Labute approximate surface area is 207 Å². The van der Waals surface area contributed by atoms with Gasteiger partial charge < -0.3 is 4.57 Å². The van der Waals surface area contributed by atoms with Gasteiger partial charge in [0.15, 0.2) is 5.17 Å². The van der Waals surface area contributed by atoms with E-state index in [0.29, 0.717) is 5.17 Å². The number of fused-ring (bicyclic) bond motifs is 2. The van der Waals surface area contributed by atoms with Gasteiger partial charge in [-0.05, 0) is 60.0 Å². The fourth-order valence-electron chi connectivity index (χ4n) is 4.72. The SMILES string of the molecule is Cc1cc(/C=C2/C(=N)N3C(c4ccccc4)=CSC3=NC2=O)c(C)n1-c1ccc2ccccc2c1. The van der Waals surface area contributed by atoms with Gasteiger partial charge >= 0.3 is 0 Å². The molecule has 2 aliphatic rings. The van der Waals surface area contributed by atoms with Crippen LogP contribution in [0.5, 0.6) is 0 Å². The highest BCUT2D eigenvalue weighted by Crippen LogP contribution is 2.37. The number of carbonyl (C=O) groups excluding carboxylic acids is 1. The number of amides is 1. The lowest BCUT2D eigenvalue weighted by Crippen LogP contribution is -2.38. The molecule has 0 aliphatic carbocycles. The third kappa shape index (κ3) is 3.54. The first-order valence-electron chi connectivity index (χ1n) is 11.4. The summed E-state index contributed by atoms with van der Waals surface area (Å²) in [5.41, 5.74) is 6.17. The topological polar surface area (TPSA) is 61.5 Å². The van der Waals surface area contributed by atoms with Crippen LogP contribution in [0.4, 0.5) is 0 Å². The Balaban J connectivity index is 1.40. The number of nitrogens with zero attached hydrogens (tertiary/aromatic N) is 3. The first-order chi connectivity index (χ1) is 17.0. The van der Waals surface area contributed by atoms with Gasteiger partial charge in [0.2, 0.25) is 0 Å². The molecule has 0 fully saturated rings. The van der Waals surface area contributed by atoms with Gasteiger partial charge in [0.25, 0.3) is 5.91 Å². The smallest absolute Gasteiger partial charge is 0.283 e. The minimum Gasteiger partial charge on any atom is -0.318 e. The summed E-state index contributed by atoms with van der Waals surface area (Å²) in [6, 6.07) is 26.7. The molecule has 0 saturated carbocycles. The minimum absolute atomic E-state index is 0.149. The van der Waals surface area contributed by atoms with Crippen molar-refractivity contribution >= 4 is 51.2 Å². The van der Waals surface area contributed by atoms with Crippen molar-refractivity contribution in [3.63, 3.8) is 0 Å². The second-order valence-electron chi connectivity index (χ2n) is 8.62. The molecular weight excluding hydrogens is 452 g/mol. The van der Waals surface area contributed by atoms with E-state index in [-0.39, 0.29) is 17.3 Å². The summed E-state index contributed by atoms with van der Waals surface area (Å²) >= 11 is 1.37. The predicted molar refractivity (Wildman–Crippen MR) is 145 cm³/mol. The molecule has 0 radical (unpaired) electrons. The number of amidine groups is 2. The molecule has 1 amide bonds. The zero-order valence-electron chi connectivity index (χ0n) is 19.3. The van der Waals surface area contributed by atoms with Crippen molar-refractivity contribution in [3.8, 4) is 5.69 Å². The average Bonchev–Trinajstić information content (AvgIpc) is 3.42. The molecule has 0 saturated heterocycles. The van der Waals surface area contributed by atoms with Gasteiger partial charge in [0.05, 0.1) is 11.3 Å². The van der Waals surface area contributed by atoms with E-state index in [9.17, 15) is 4.79 Å². The molecule has 2 aliphatic heterocycles. The largest absolute Gasteiger partial charge is 0.318 e. The molecule has 3 heterocycles. The lowest BCUT2D eigenvalue weighted by molar-refractivity contribution is -0.114.